The van der Waals surface area contributed by atoms with Crippen LogP contribution in [0.1, 0.15) is 95.2 Å². The van der Waals surface area contributed by atoms with E-state index < -0.39 is 37.2 Å². The summed E-state index contributed by atoms with van der Waals surface area (Å²) in [5.41, 5.74) is 5.24. The number of carbonyl (C=O) groups excluding carboxylic acids is 7. The summed E-state index contributed by atoms with van der Waals surface area (Å²) in [5, 5.41) is 5.56. The SMILES string of the molecule is C=C(CC)C(=O)c1ccc(OCC(=O)OCC(=O)OCC(C)OC(=O)CCC(=O)Cc2ccc3c(c2)/C(=C/c2[nH]c(C)c(C(=O)NCCC)c2C)C(=O)N3)c(Cl)c1Cl. The number of Topliss-reactive ketones (excluding diaryl/α,β-unsaturated/α-hetero) is 2. The molecule has 2 aromatic carbocycles. The van der Waals surface area contributed by atoms with E-state index in [9.17, 15) is 33.6 Å². The van der Waals surface area contributed by atoms with E-state index in [1.165, 1.54) is 19.1 Å². The fraction of sp³-hybridized carbons (Fsp3) is 0.357. The molecule has 0 spiro atoms. The summed E-state index contributed by atoms with van der Waals surface area (Å²) < 4.78 is 20.5. The molecule has 1 aliphatic heterocycles. The molecule has 0 saturated heterocycles. The van der Waals surface area contributed by atoms with Crippen LogP contribution in [0.15, 0.2) is 42.5 Å². The number of aromatic amines is 1. The third-order valence-corrected chi connectivity index (χ3v) is 9.82. The van der Waals surface area contributed by atoms with Gasteiger partial charge in [-0.2, -0.15) is 0 Å². The van der Waals surface area contributed by atoms with Gasteiger partial charge in [0.1, 0.15) is 29.3 Å². The molecule has 1 aromatic heterocycles. The first kappa shape index (κ1) is 45.0. The molecular formula is C42H45Cl2N3O11. The number of anilines is 1. The van der Waals surface area contributed by atoms with Gasteiger partial charge in [-0.3, -0.25) is 24.0 Å². The molecule has 58 heavy (non-hydrogen) atoms. The Hall–Kier alpha value is -5.73. The highest BCUT2D eigenvalue weighted by molar-refractivity contribution is 6.45. The normalized spacial score (nSPS) is 12.9. The number of halogens is 2. The van der Waals surface area contributed by atoms with Crippen molar-refractivity contribution in [3.8, 4) is 5.75 Å². The molecule has 2 heterocycles. The lowest BCUT2D eigenvalue weighted by molar-refractivity contribution is -0.165. The van der Waals surface area contributed by atoms with Crippen LogP contribution in [0, 0.1) is 13.8 Å². The summed E-state index contributed by atoms with van der Waals surface area (Å²) in [7, 11) is 0. The minimum Gasteiger partial charge on any atom is -0.480 e. The summed E-state index contributed by atoms with van der Waals surface area (Å²) >= 11 is 12.4. The average molecular weight is 839 g/mol. The number of fused-ring (bicyclic) bond motifs is 1. The molecule has 2 amide bonds. The fourth-order valence-electron chi connectivity index (χ4n) is 5.83. The van der Waals surface area contributed by atoms with Crippen molar-refractivity contribution >= 4 is 81.8 Å². The molecule has 3 N–H and O–H groups in total. The first-order valence-corrected chi connectivity index (χ1v) is 19.3. The molecule has 0 aliphatic carbocycles. The van der Waals surface area contributed by atoms with Crippen LogP contribution >= 0.6 is 23.2 Å². The summed E-state index contributed by atoms with van der Waals surface area (Å²) in [6.45, 7) is 11.4. The lowest BCUT2D eigenvalue weighted by Gasteiger charge is -2.14. The maximum absolute atomic E-state index is 12.9. The van der Waals surface area contributed by atoms with Crippen LogP contribution in [0.25, 0.3) is 11.6 Å². The van der Waals surface area contributed by atoms with E-state index >= 15 is 0 Å². The van der Waals surface area contributed by atoms with Crippen molar-refractivity contribution in [1.82, 2.24) is 10.3 Å². The molecule has 16 heteroatoms. The molecule has 1 atom stereocenters. The van der Waals surface area contributed by atoms with Crippen molar-refractivity contribution in [1.29, 1.82) is 0 Å². The van der Waals surface area contributed by atoms with Crippen LogP contribution < -0.4 is 15.4 Å². The first-order chi connectivity index (χ1) is 27.5. The molecule has 0 fully saturated rings. The number of H-pyrrole nitrogens is 1. The molecule has 1 unspecified atom stereocenters. The highest BCUT2D eigenvalue weighted by atomic mass is 35.5. The van der Waals surface area contributed by atoms with Gasteiger partial charge in [-0.25, -0.2) is 9.59 Å². The number of hydrogen-bond acceptors (Lipinski definition) is 11. The number of esters is 3. The van der Waals surface area contributed by atoms with Gasteiger partial charge in [0.25, 0.3) is 11.8 Å². The van der Waals surface area contributed by atoms with Crippen molar-refractivity contribution in [2.45, 2.75) is 72.8 Å². The monoisotopic (exact) mass is 837 g/mol. The number of aryl methyl sites for hydroxylation is 1. The largest absolute Gasteiger partial charge is 0.480 e. The second-order valence-electron chi connectivity index (χ2n) is 13.5. The first-order valence-electron chi connectivity index (χ1n) is 18.5. The number of rotatable bonds is 20. The third kappa shape index (κ3) is 11.7. The van der Waals surface area contributed by atoms with E-state index in [1.807, 2.05) is 13.8 Å². The Bertz CT molecular complexity index is 2170. The summed E-state index contributed by atoms with van der Waals surface area (Å²) in [5.74, 6) is -3.60. The molecular weight excluding hydrogens is 793 g/mol. The predicted molar refractivity (Wildman–Crippen MR) is 217 cm³/mol. The van der Waals surface area contributed by atoms with E-state index in [0.29, 0.717) is 63.4 Å². The minimum atomic E-state index is -0.917. The van der Waals surface area contributed by atoms with Crippen molar-refractivity contribution in [2.24, 2.45) is 0 Å². The number of benzene rings is 2. The van der Waals surface area contributed by atoms with E-state index in [2.05, 4.69) is 22.2 Å². The van der Waals surface area contributed by atoms with Gasteiger partial charge in [-0.05, 0) is 80.7 Å². The quantitative estimate of drug-likeness (QED) is 0.0474. The van der Waals surface area contributed by atoms with Gasteiger partial charge >= 0.3 is 17.9 Å². The molecule has 1 aliphatic rings. The summed E-state index contributed by atoms with van der Waals surface area (Å²) in [4.78, 5) is 90.8. The zero-order valence-corrected chi connectivity index (χ0v) is 34.4. The van der Waals surface area contributed by atoms with E-state index in [4.69, 9.17) is 42.1 Å². The van der Waals surface area contributed by atoms with Crippen molar-refractivity contribution in [2.75, 3.05) is 31.7 Å². The summed E-state index contributed by atoms with van der Waals surface area (Å²) in [6.07, 6.45) is 1.73. The second kappa shape index (κ2) is 20.6. The third-order valence-electron chi connectivity index (χ3n) is 8.95. The average Bonchev–Trinajstić information content (AvgIpc) is 3.66. The zero-order valence-electron chi connectivity index (χ0n) is 32.9. The molecule has 0 saturated carbocycles. The Morgan fingerprint density at radius 2 is 1.66 bits per heavy atom. The van der Waals surface area contributed by atoms with Gasteiger partial charge in [0.05, 0.1) is 22.6 Å². The highest BCUT2D eigenvalue weighted by Gasteiger charge is 2.27. The van der Waals surface area contributed by atoms with Gasteiger partial charge in [0.15, 0.2) is 19.0 Å². The molecule has 0 radical (unpaired) electrons. The maximum Gasteiger partial charge on any atom is 0.344 e. The van der Waals surface area contributed by atoms with Gasteiger partial charge in [-0.15, -0.1) is 0 Å². The highest BCUT2D eigenvalue weighted by Crippen LogP contribution is 2.37. The Morgan fingerprint density at radius 1 is 0.931 bits per heavy atom. The number of ether oxygens (including phenoxy) is 4. The molecule has 4 rings (SSSR count). The van der Waals surface area contributed by atoms with Crippen LogP contribution in [0.5, 0.6) is 5.75 Å². The van der Waals surface area contributed by atoms with Gasteiger partial charge in [0, 0.05) is 47.6 Å². The summed E-state index contributed by atoms with van der Waals surface area (Å²) in [6, 6.07) is 7.95. The van der Waals surface area contributed by atoms with Crippen LogP contribution in [0.3, 0.4) is 0 Å². The number of hydrogen-bond donors (Lipinski definition) is 3. The van der Waals surface area contributed by atoms with Crippen LogP contribution in [-0.2, 0) is 44.6 Å². The molecule has 3 aromatic rings. The maximum atomic E-state index is 12.9. The number of carbonyl (C=O) groups is 7. The number of nitrogens with one attached hydrogen (secondary N) is 3. The molecule has 0 bridgehead atoms. The number of allylic oxidation sites excluding steroid dienone is 1. The van der Waals surface area contributed by atoms with Crippen molar-refractivity contribution < 1.29 is 52.5 Å². The van der Waals surface area contributed by atoms with Gasteiger partial charge < -0.3 is 34.6 Å². The van der Waals surface area contributed by atoms with Crippen LogP contribution in [0.4, 0.5) is 5.69 Å². The topological polar surface area (TPSA) is 196 Å². The number of ketones is 2. The van der Waals surface area contributed by atoms with E-state index in [1.54, 1.807) is 38.1 Å². The predicted octanol–water partition coefficient (Wildman–Crippen LogP) is 6.71. The van der Waals surface area contributed by atoms with Gasteiger partial charge in [0.2, 0.25) is 0 Å². The molecule has 308 valence electrons. The lowest BCUT2D eigenvalue weighted by atomic mass is 9.98. The zero-order chi connectivity index (χ0) is 42.7. The Kier molecular flexibility index (Phi) is 16.0. The Labute approximate surface area is 345 Å². The fourth-order valence-corrected chi connectivity index (χ4v) is 6.29. The number of aromatic nitrogens is 1. The van der Waals surface area contributed by atoms with E-state index in [0.717, 1.165) is 6.42 Å². The van der Waals surface area contributed by atoms with Crippen LogP contribution in [-0.4, -0.2) is 78.7 Å². The number of amides is 2. The standard InChI is InChI=1S/C42H45Cl2N3O11/c1-7-15-45-42(54)37-24(5)32(46-25(37)6)18-30-29-17-26(9-12-31(29)47-41(30)53)16-27(48)10-14-34(49)58-23(4)19-56-36(51)21-57-35(50)20-55-33-13-11-28(38(43)39(33)44)40(52)22(3)8-2/h9,11-13,17-18,23,46H,3,7-8,10,14-16,19-21H2,1-2,4-6H3,(H,45,54)(H,47,53)/b30-18-. The van der Waals surface area contributed by atoms with Crippen molar-refractivity contribution in [3.63, 3.8) is 0 Å². The lowest BCUT2D eigenvalue weighted by Crippen LogP contribution is -2.26. The van der Waals surface area contributed by atoms with Crippen LogP contribution in [0.2, 0.25) is 10.0 Å². The van der Waals surface area contributed by atoms with Gasteiger partial charge in [-0.1, -0.05) is 49.7 Å². The Balaban J connectivity index is 1.19. The second-order valence-corrected chi connectivity index (χ2v) is 14.2. The van der Waals surface area contributed by atoms with Crippen molar-refractivity contribution in [3.05, 3.63) is 91.7 Å². The van der Waals surface area contributed by atoms with E-state index in [-0.39, 0.29) is 70.6 Å². The smallest absolute Gasteiger partial charge is 0.344 e. The minimum absolute atomic E-state index is 0.00492. The molecule has 14 nitrogen and oxygen atoms in total. The Morgan fingerprint density at radius 3 is 2.36 bits per heavy atom.